The van der Waals surface area contributed by atoms with Crippen molar-refractivity contribution in [2.75, 3.05) is 18.0 Å². The van der Waals surface area contributed by atoms with Crippen LogP contribution in [0.3, 0.4) is 0 Å². The number of hydrogen-bond donors (Lipinski definition) is 2. The molecule has 0 saturated carbocycles. The lowest BCUT2D eigenvalue weighted by molar-refractivity contribution is 0.0446. The topological polar surface area (TPSA) is 69.2 Å². The molecule has 82 valence electrons. The Bertz CT molecular complexity index is 400. The first-order valence-electron chi connectivity index (χ1n) is 5.09. The van der Waals surface area contributed by atoms with Crippen LogP contribution in [-0.4, -0.2) is 33.8 Å². The molecule has 0 spiro atoms. The molecule has 1 aromatic heterocycles. The van der Waals surface area contributed by atoms with Crippen LogP contribution in [0.2, 0.25) is 0 Å². The molecular formula is C10H15N3O2. The minimum atomic E-state index is -0.720. The largest absolute Gasteiger partial charge is 0.388 e. The van der Waals surface area contributed by atoms with Gasteiger partial charge >= 0.3 is 0 Å². The number of anilines is 1. The fraction of sp³-hybridized carbons (Fsp3) is 0.600. The summed E-state index contributed by atoms with van der Waals surface area (Å²) in [5.74, 6) is 0.400. The number of aromatic nitrogens is 2. The van der Waals surface area contributed by atoms with Crippen molar-refractivity contribution in [1.29, 1.82) is 0 Å². The summed E-state index contributed by atoms with van der Waals surface area (Å²) in [5, 5.41) is 9.92. The maximum absolute atomic E-state index is 11.5. The van der Waals surface area contributed by atoms with E-state index in [2.05, 4.69) is 9.97 Å². The molecule has 1 unspecified atom stereocenters. The predicted octanol–water partition coefficient (Wildman–Crippen LogP) is 0.121. The van der Waals surface area contributed by atoms with Gasteiger partial charge in [0.05, 0.1) is 5.60 Å². The van der Waals surface area contributed by atoms with Crippen molar-refractivity contribution < 1.29 is 5.11 Å². The normalized spacial score (nSPS) is 26.7. The Morgan fingerprint density at radius 3 is 3.13 bits per heavy atom. The fourth-order valence-electron chi connectivity index (χ4n) is 1.97. The van der Waals surface area contributed by atoms with Gasteiger partial charge in [-0.3, -0.25) is 4.79 Å². The number of H-pyrrole nitrogens is 1. The molecule has 2 heterocycles. The zero-order chi connectivity index (χ0) is 10.9. The lowest BCUT2D eigenvalue weighted by Gasteiger charge is -2.36. The Morgan fingerprint density at radius 2 is 2.47 bits per heavy atom. The molecule has 0 bridgehead atoms. The summed E-state index contributed by atoms with van der Waals surface area (Å²) < 4.78 is 0. The maximum Gasteiger partial charge on any atom is 0.290 e. The Morgan fingerprint density at radius 1 is 1.67 bits per heavy atom. The van der Waals surface area contributed by atoms with E-state index in [4.69, 9.17) is 0 Å². The lowest BCUT2D eigenvalue weighted by Crippen LogP contribution is -2.48. The third-order valence-electron chi connectivity index (χ3n) is 2.66. The molecule has 5 nitrogen and oxygen atoms in total. The highest BCUT2D eigenvalue weighted by Gasteiger charge is 2.29. The standard InChI is InChI=1S/C10H15N3O2/c1-10(15)3-2-6-13(7-10)8-9(14)12-5-4-11-8/h4-5,15H,2-3,6-7H2,1H3,(H,12,14). The van der Waals surface area contributed by atoms with E-state index in [0.717, 1.165) is 19.4 Å². The smallest absolute Gasteiger partial charge is 0.290 e. The summed E-state index contributed by atoms with van der Waals surface area (Å²) >= 11 is 0. The van der Waals surface area contributed by atoms with Crippen molar-refractivity contribution in [3.05, 3.63) is 22.7 Å². The molecular weight excluding hydrogens is 194 g/mol. The van der Waals surface area contributed by atoms with Crippen LogP contribution < -0.4 is 10.5 Å². The van der Waals surface area contributed by atoms with Crippen molar-refractivity contribution >= 4 is 5.82 Å². The number of aliphatic hydroxyl groups is 1. The van der Waals surface area contributed by atoms with Gasteiger partial charge in [-0.1, -0.05) is 0 Å². The molecule has 2 rings (SSSR count). The van der Waals surface area contributed by atoms with E-state index in [9.17, 15) is 9.90 Å². The summed E-state index contributed by atoms with van der Waals surface area (Å²) in [6.07, 6.45) is 4.71. The van der Waals surface area contributed by atoms with Gasteiger partial charge in [-0.2, -0.15) is 0 Å². The van der Waals surface area contributed by atoms with E-state index in [1.54, 1.807) is 13.1 Å². The van der Waals surface area contributed by atoms with Crippen molar-refractivity contribution in [3.8, 4) is 0 Å². The number of nitrogens with one attached hydrogen (secondary N) is 1. The van der Waals surface area contributed by atoms with Gasteiger partial charge in [-0.15, -0.1) is 0 Å². The number of hydrogen-bond acceptors (Lipinski definition) is 4. The molecule has 0 aromatic carbocycles. The summed E-state index contributed by atoms with van der Waals surface area (Å²) in [6.45, 7) is 3.03. The van der Waals surface area contributed by atoms with Gasteiger partial charge in [-0.05, 0) is 19.8 Å². The van der Waals surface area contributed by atoms with Gasteiger partial charge < -0.3 is 15.0 Å². The Hall–Kier alpha value is -1.36. The van der Waals surface area contributed by atoms with Crippen LogP contribution in [0.1, 0.15) is 19.8 Å². The van der Waals surface area contributed by atoms with Crippen LogP contribution in [-0.2, 0) is 0 Å². The van der Waals surface area contributed by atoms with Gasteiger partial charge in [0, 0.05) is 25.5 Å². The third kappa shape index (κ3) is 2.18. The van der Waals surface area contributed by atoms with Crippen LogP contribution in [0.5, 0.6) is 0 Å². The Kier molecular flexibility index (Phi) is 2.48. The van der Waals surface area contributed by atoms with E-state index in [0.29, 0.717) is 12.4 Å². The molecule has 1 aliphatic heterocycles. The molecule has 0 amide bonds. The summed E-state index contributed by atoms with van der Waals surface area (Å²) in [7, 11) is 0. The van der Waals surface area contributed by atoms with E-state index in [1.807, 2.05) is 4.90 Å². The van der Waals surface area contributed by atoms with Gasteiger partial charge in [-0.25, -0.2) is 4.98 Å². The third-order valence-corrected chi connectivity index (χ3v) is 2.66. The summed E-state index contributed by atoms with van der Waals surface area (Å²) in [4.78, 5) is 19.9. The zero-order valence-electron chi connectivity index (χ0n) is 8.73. The number of nitrogens with zero attached hydrogens (tertiary/aromatic N) is 2. The van der Waals surface area contributed by atoms with Crippen molar-refractivity contribution in [3.63, 3.8) is 0 Å². The lowest BCUT2D eigenvalue weighted by atomic mass is 9.95. The molecule has 15 heavy (non-hydrogen) atoms. The number of aromatic amines is 1. The fourth-order valence-corrected chi connectivity index (χ4v) is 1.97. The number of β-amino-alcohol motifs (C(OH)–C–C–N with tert-alkyl or cyclic N) is 1. The monoisotopic (exact) mass is 209 g/mol. The number of rotatable bonds is 1. The van der Waals surface area contributed by atoms with Crippen LogP contribution in [0.25, 0.3) is 0 Å². The first-order chi connectivity index (χ1) is 7.08. The minimum absolute atomic E-state index is 0.199. The SMILES string of the molecule is CC1(O)CCCN(c2ncc[nH]c2=O)C1. The highest BCUT2D eigenvalue weighted by molar-refractivity contribution is 5.36. The highest BCUT2D eigenvalue weighted by atomic mass is 16.3. The summed E-state index contributed by atoms with van der Waals surface area (Å²) in [5.41, 5.74) is -0.919. The quantitative estimate of drug-likeness (QED) is 0.689. The Labute approximate surface area is 87.8 Å². The van der Waals surface area contributed by atoms with Crippen molar-refractivity contribution in [1.82, 2.24) is 9.97 Å². The van der Waals surface area contributed by atoms with E-state index >= 15 is 0 Å². The Balaban J connectivity index is 2.25. The van der Waals surface area contributed by atoms with E-state index in [1.165, 1.54) is 6.20 Å². The molecule has 1 aromatic rings. The van der Waals surface area contributed by atoms with Gasteiger partial charge in [0.1, 0.15) is 0 Å². The minimum Gasteiger partial charge on any atom is -0.388 e. The van der Waals surface area contributed by atoms with E-state index in [-0.39, 0.29) is 5.56 Å². The van der Waals surface area contributed by atoms with Crippen molar-refractivity contribution in [2.24, 2.45) is 0 Å². The van der Waals surface area contributed by atoms with Crippen LogP contribution >= 0.6 is 0 Å². The molecule has 2 N–H and O–H groups in total. The van der Waals surface area contributed by atoms with E-state index < -0.39 is 5.60 Å². The number of piperidine rings is 1. The molecule has 1 fully saturated rings. The van der Waals surface area contributed by atoms with Crippen LogP contribution in [0, 0.1) is 0 Å². The van der Waals surface area contributed by atoms with Crippen LogP contribution in [0.4, 0.5) is 5.82 Å². The average Bonchev–Trinajstić information content (AvgIpc) is 2.17. The predicted molar refractivity (Wildman–Crippen MR) is 56.9 cm³/mol. The maximum atomic E-state index is 11.5. The molecule has 5 heteroatoms. The van der Waals surface area contributed by atoms with Crippen LogP contribution in [0.15, 0.2) is 17.2 Å². The molecule has 0 aliphatic carbocycles. The second kappa shape index (κ2) is 3.66. The van der Waals surface area contributed by atoms with Gasteiger partial charge in [0.15, 0.2) is 5.82 Å². The summed E-state index contributed by atoms with van der Waals surface area (Å²) in [6, 6.07) is 0. The average molecular weight is 209 g/mol. The first kappa shape index (κ1) is 10.2. The second-order valence-electron chi connectivity index (χ2n) is 4.26. The van der Waals surface area contributed by atoms with Gasteiger partial charge in [0.25, 0.3) is 5.56 Å². The molecule has 0 radical (unpaired) electrons. The van der Waals surface area contributed by atoms with Gasteiger partial charge in [0.2, 0.25) is 0 Å². The zero-order valence-corrected chi connectivity index (χ0v) is 8.73. The highest BCUT2D eigenvalue weighted by Crippen LogP contribution is 2.22. The van der Waals surface area contributed by atoms with Crippen molar-refractivity contribution in [2.45, 2.75) is 25.4 Å². The molecule has 1 saturated heterocycles. The second-order valence-corrected chi connectivity index (χ2v) is 4.26. The first-order valence-corrected chi connectivity index (χ1v) is 5.09. The molecule has 1 aliphatic rings. The molecule has 1 atom stereocenters.